The van der Waals surface area contributed by atoms with E-state index < -0.39 is 0 Å². The van der Waals surface area contributed by atoms with Gasteiger partial charge < -0.3 is 4.74 Å². The molecular formula is C14H10ClNO. The molecule has 2 rings (SSSR count). The lowest BCUT2D eigenvalue weighted by molar-refractivity contribution is 0.415. The van der Waals surface area contributed by atoms with Gasteiger partial charge in [-0.1, -0.05) is 23.4 Å². The number of benzene rings is 1. The normalized spacial score (nSPS) is 9.29. The molecule has 0 saturated heterocycles. The van der Waals surface area contributed by atoms with Gasteiger partial charge in [-0.25, -0.2) is 0 Å². The van der Waals surface area contributed by atoms with Crippen molar-refractivity contribution in [1.29, 1.82) is 0 Å². The molecule has 0 atom stereocenters. The SMILES string of the molecule is COc1ccc(C#Cc2cncc(Cl)c2)cc1. The van der Waals surface area contributed by atoms with E-state index in [9.17, 15) is 0 Å². The molecule has 0 aliphatic carbocycles. The van der Waals surface area contributed by atoms with Crippen LogP contribution in [0.4, 0.5) is 0 Å². The standard InChI is InChI=1S/C14H10ClNO/c1-17-14-6-4-11(5-7-14)2-3-12-8-13(15)10-16-9-12/h4-10H,1H3. The first-order chi connectivity index (χ1) is 8.28. The second kappa shape index (κ2) is 5.38. The van der Waals surface area contributed by atoms with Gasteiger partial charge in [-0.05, 0) is 30.3 Å². The molecule has 1 aromatic carbocycles. The molecule has 84 valence electrons. The maximum atomic E-state index is 5.82. The molecule has 0 aliphatic heterocycles. The monoisotopic (exact) mass is 243 g/mol. The fourth-order valence-corrected chi connectivity index (χ4v) is 1.47. The van der Waals surface area contributed by atoms with Crippen molar-refractivity contribution in [1.82, 2.24) is 4.98 Å². The summed E-state index contributed by atoms with van der Waals surface area (Å²) in [4.78, 5) is 3.97. The van der Waals surface area contributed by atoms with Crippen LogP contribution in [-0.4, -0.2) is 12.1 Å². The molecule has 17 heavy (non-hydrogen) atoms. The van der Waals surface area contributed by atoms with Crippen molar-refractivity contribution >= 4 is 11.6 Å². The van der Waals surface area contributed by atoms with E-state index in [2.05, 4.69) is 16.8 Å². The zero-order valence-electron chi connectivity index (χ0n) is 9.27. The predicted octanol–water partition coefficient (Wildman–Crippen LogP) is 3.14. The number of nitrogens with zero attached hydrogens (tertiary/aromatic N) is 1. The third kappa shape index (κ3) is 3.24. The zero-order valence-corrected chi connectivity index (χ0v) is 10.0. The highest BCUT2D eigenvalue weighted by atomic mass is 35.5. The molecule has 0 aliphatic rings. The lowest BCUT2D eigenvalue weighted by Gasteiger charge is -1.97. The van der Waals surface area contributed by atoms with Crippen LogP contribution in [0.15, 0.2) is 42.7 Å². The van der Waals surface area contributed by atoms with Crippen LogP contribution in [0.2, 0.25) is 5.02 Å². The quantitative estimate of drug-likeness (QED) is 0.718. The minimum Gasteiger partial charge on any atom is -0.497 e. The van der Waals surface area contributed by atoms with Crippen molar-refractivity contribution in [3.63, 3.8) is 0 Å². The van der Waals surface area contributed by atoms with E-state index >= 15 is 0 Å². The highest BCUT2D eigenvalue weighted by molar-refractivity contribution is 6.30. The summed E-state index contributed by atoms with van der Waals surface area (Å²) in [5, 5.41) is 0.589. The van der Waals surface area contributed by atoms with Gasteiger partial charge in [0.15, 0.2) is 0 Å². The van der Waals surface area contributed by atoms with E-state index in [1.54, 1.807) is 25.6 Å². The minimum atomic E-state index is 0.589. The minimum absolute atomic E-state index is 0.589. The van der Waals surface area contributed by atoms with Crippen LogP contribution in [0.1, 0.15) is 11.1 Å². The first kappa shape index (κ1) is 11.5. The van der Waals surface area contributed by atoms with Crippen molar-refractivity contribution < 1.29 is 4.74 Å². The Morgan fingerprint density at radius 3 is 2.41 bits per heavy atom. The number of rotatable bonds is 1. The Kier molecular flexibility index (Phi) is 3.64. The molecule has 0 bridgehead atoms. The van der Waals surface area contributed by atoms with Crippen molar-refractivity contribution in [2.75, 3.05) is 7.11 Å². The molecule has 2 aromatic rings. The van der Waals surface area contributed by atoms with Crippen LogP contribution < -0.4 is 4.74 Å². The number of hydrogen-bond donors (Lipinski definition) is 0. The molecule has 1 heterocycles. The highest BCUT2D eigenvalue weighted by Crippen LogP contribution is 2.11. The first-order valence-electron chi connectivity index (χ1n) is 5.04. The lowest BCUT2D eigenvalue weighted by atomic mass is 10.2. The molecule has 0 fully saturated rings. The largest absolute Gasteiger partial charge is 0.497 e. The molecule has 0 spiro atoms. The number of ether oxygens (including phenoxy) is 1. The molecule has 3 heteroatoms. The van der Waals surface area contributed by atoms with Gasteiger partial charge in [0.2, 0.25) is 0 Å². The summed E-state index contributed by atoms with van der Waals surface area (Å²) in [7, 11) is 1.64. The Morgan fingerprint density at radius 2 is 1.76 bits per heavy atom. The summed E-state index contributed by atoms with van der Waals surface area (Å²) in [5.74, 6) is 6.86. The average Bonchev–Trinajstić information content (AvgIpc) is 2.37. The molecular weight excluding hydrogens is 234 g/mol. The van der Waals surface area contributed by atoms with E-state index in [1.807, 2.05) is 24.3 Å². The molecule has 0 unspecified atom stereocenters. The van der Waals surface area contributed by atoms with Crippen LogP contribution >= 0.6 is 11.6 Å². The Bertz CT molecular complexity index is 567. The van der Waals surface area contributed by atoms with Crippen molar-refractivity contribution in [2.45, 2.75) is 0 Å². The third-order valence-corrected chi connectivity index (χ3v) is 2.35. The first-order valence-corrected chi connectivity index (χ1v) is 5.42. The fourth-order valence-electron chi connectivity index (χ4n) is 1.30. The van der Waals surface area contributed by atoms with Gasteiger partial charge in [0, 0.05) is 23.5 Å². The Balaban J connectivity index is 2.20. The Morgan fingerprint density at radius 1 is 1.06 bits per heavy atom. The smallest absolute Gasteiger partial charge is 0.118 e. The van der Waals surface area contributed by atoms with Gasteiger partial charge in [0.1, 0.15) is 5.75 Å². The van der Waals surface area contributed by atoms with E-state index in [-0.39, 0.29) is 0 Å². The third-order valence-electron chi connectivity index (χ3n) is 2.15. The van der Waals surface area contributed by atoms with Gasteiger partial charge in [-0.15, -0.1) is 0 Å². The van der Waals surface area contributed by atoms with Crippen molar-refractivity contribution in [3.05, 3.63) is 58.9 Å². The number of aromatic nitrogens is 1. The topological polar surface area (TPSA) is 22.1 Å². The van der Waals surface area contributed by atoms with Crippen molar-refractivity contribution in [3.8, 4) is 17.6 Å². The van der Waals surface area contributed by atoms with Crippen LogP contribution in [0.25, 0.3) is 0 Å². The van der Waals surface area contributed by atoms with E-state index in [1.165, 1.54) is 0 Å². The van der Waals surface area contributed by atoms with Gasteiger partial charge in [-0.2, -0.15) is 0 Å². The van der Waals surface area contributed by atoms with E-state index in [4.69, 9.17) is 16.3 Å². The number of halogens is 1. The number of pyridine rings is 1. The summed E-state index contributed by atoms with van der Waals surface area (Å²) >= 11 is 5.82. The molecule has 0 radical (unpaired) electrons. The average molecular weight is 244 g/mol. The second-order valence-corrected chi connectivity index (χ2v) is 3.81. The number of hydrogen-bond acceptors (Lipinski definition) is 2. The Hall–Kier alpha value is -1.98. The van der Waals surface area contributed by atoms with Gasteiger partial charge in [0.05, 0.1) is 12.1 Å². The van der Waals surface area contributed by atoms with Crippen LogP contribution in [0.3, 0.4) is 0 Å². The van der Waals surface area contributed by atoms with Gasteiger partial charge in [0.25, 0.3) is 0 Å². The maximum absolute atomic E-state index is 5.82. The molecule has 1 aromatic heterocycles. The molecule has 0 amide bonds. The van der Waals surface area contributed by atoms with Gasteiger partial charge in [-0.3, -0.25) is 4.98 Å². The summed E-state index contributed by atoms with van der Waals surface area (Å²) < 4.78 is 5.07. The summed E-state index contributed by atoms with van der Waals surface area (Å²) in [6.07, 6.45) is 3.27. The number of methoxy groups -OCH3 is 1. The van der Waals surface area contributed by atoms with Crippen LogP contribution in [0.5, 0.6) is 5.75 Å². The van der Waals surface area contributed by atoms with Gasteiger partial charge >= 0.3 is 0 Å². The zero-order chi connectivity index (χ0) is 12.1. The highest BCUT2D eigenvalue weighted by Gasteiger charge is 1.91. The fraction of sp³-hybridized carbons (Fsp3) is 0.0714. The van der Waals surface area contributed by atoms with Crippen LogP contribution in [0, 0.1) is 11.8 Å². The van der Waals surface area contributed by atoms with E-state index in [0.29, 0.717) is 5.02 Å². The van der Waals surface area contributed by atoms with Crippen molar-refractivity contribution in [2.24, 2.45) is 0 Å². The molecule has 2 nitrogen and oxygen atoms in total. The maximum Gasteiger partial charge on any atom is 0.118 e. The Labute approximate surface area is 105 Å². The predicted molar refractivity (Wildman–Crippen MR) is 68.2 cm³/mol. The molecule has 0 saturated carbocycles. The summed E-state index contributed by atoms with van der Waals surface area (Å²) in [5.41, 5.74) is 1.72. The summed E-state index contributed by atoms with van der Waals surface area (Å²) in [6.45, 7) is 0. The summed E-state index contributed by atoms with van der Waals surface area (Å²) in [6, 6.07) is 9.35. The van der Waals surface area contributed by atoms with E-state index in [0.717, 1.165) is 16.9 Å². The lowest BCUT2D eigenvalue weighted by Crippen LogP contribution is -1.82. The van der Waals surface area contributed by atoms with Crippen LogP contribution in [-0.2, 0) is 0 Å². The molecule has 0 N–H and O–H groups in total. The second-order valence-electron chi connectivity index (χ2n) is 3.37.